The Morgan fingerprint density at radius 3 is 2.88 bits per heavy atom. The molecule has 0 fully saturated rings. The zero-order valence-electron chi connectivity index (χ0n) is 12.6. The third-order valence-electron chi connectivity index (χ3n) is 3.05. The molecule has 9 heteroatoms. The molecule has 24 heavy (non-hydrogen) atoms. The second-order valence-corrected chi connectivity index (χ2v) is 5.80. The number of anilines is 1. The summed E-state index contributed by atoms with van der Waals surface area (Å²) in [6, 6.07) is 7.06. The van der Waals surface area contributed by atoms with Gasteiger partial charge in [0.05, 0.1) is 23.1 Å². The Kier molecular flexibility index (Phi) is 4.73. The van der Waals surface area contributed by atoms with Gasteiger partial charge in [-0.05, 0) is 18.2 Å². The van der Waals surface area contributed by atoms with Gasteiger partial charge in [-0.3, -0.25) is 9.48 Å². The molecule has 0 bridgehead atoms. The summed E-state index contributed by atoms with van der Waals surface area (Å²) in [5, 5.41) is 11.7. The highest BCUT2D eigenvalue weighted by molar-refractivity contribution is 6.34. The van der Waals surface area contributed by atoms with E-state index in [0.29, 0.717) is 16.5 Å². The summed E-state index contributed by atoms with van der Waals surface area (Å²) in [4.78, 5) is 12.1. The van der Waals surface area contributed by atoms with Crippen molar-refractivity contribution in [2.24, 2.45) is 7.05 Å². The number of hydrogen-bond donors (Lipinski definition) is 1. The summed E-state index contributed by atoms with van der Waals surface area (Å²) >= 11 is 11.8. The number of hydrogen-bond acceptors (Lipinski definition) is 4. The molecule has 1 amide bonds. The van der Waals surface area contributed by atoms with Crippen LogP contribution in [0.4, 0.5) is 5.69 Å². The van der Waals surface area contributed by atoms with E-state index in [-0.39, 0.29) is 17.4 Å². The van der Waals surface area contributed by atoms with Crippen LogP contribution < -0.4 is 10.1 Å². The molecule has 0 aliphatic rings. The van der Waals surface area contributed by atoms with Gasteiger partial charge in [-0.1, -0.05) is 29.3 Å². The number of rotatable bonds is 5. The maximum atomic E-state index is 12.1. The van der Waals surface area contributed by atoms with Crippen LogP contribution in [0, 0.1) is 0 Å². The molecule has 2 aromatic heterocycles. The largest absolute Gasteiger partial charge is 0.471 e. The van der Waals surface area contributed by atoms with Crippen LogP contribution >= 0.6 is 23.2 Å². The lowest BCUT2D eigenvalue weighted by atomic mass is 10.3. The fourth-order valence-corrected chi connectivity index (χ4v) is 2.45. The number of nitrogens with one attached hydrogen (secondary N) is 1. The van der Waals surface area contributed by atoms with Crippen molar-refractivity contribution in [2.45, 2.75) is 6.73 Å². The number of halogens is 2. The summed E-state index contributed by atoms with van der Waals surface area (Å²) in [6.45, 7) is 0.181. The topological polar surface area (TPSA) is 74.0 Å². The predicted molar refractivity (Wildman–Crippen MR) is 90.5 cm³/mol. The molecule has 0 aliphatic carbocycles. The monoisotopic (exact) mass is 365 g/mol. The Balaban J connectivity index is 1.61. The SMILES string of the molecule is Cn1cc(Cl)c(C(=O)Nc2cnn(COc3cccc(Cl)c3)c2)n1. The highest BCUT2D eigenvalue weighted by atomic mass is 35.5. The Morgan fingerprint density at radius 2 is 2.17 bits per heavy atom. The van der Waals surface area contributed by atoms with E-state index in [1.807, 2.05) is 0 Å². The minimum Gasteiger partial charge on any atom is -0.471 e. The predicted octanol–water partition coefficient (Wildman–Crippen LogP) is 3.21. The van der Waals surface area contributed by atoms with Crippen LogP contribution in [0.2, 0.25) is 10.0 Å². The van der Waals surface area contributed by atoms with E-state index in [1.54, 1.807) is 43.7 Å². The van der Waals surface area contributed by atoms with Crippen molar-refractivity contribution >= 4 is 34.8 Å². The molecular formula is C15H13Cl2N5O2. The Labute approximate surface area is 147 Å². The van der Waals surface area contributed by atoms with Gasteiger partial charge in [-0.15, -0.1) is 0 Å². The van der Waals surface area contributed by atoms with E-state index in [0.717, 1.165) is 0 Å². The van der Waals surface area contributed by atoms with E-state index < -0.39 is 5.91 Å². The van der Waals surface area contributed by atoms with Gasteiger partial charge in [-0.2, -0.15) is 10.2 Å². The first-order valence-electron chi connectivity index (χ1n) is 6.92. The van der Waals surface area contributed by atoms with E-state index in [2.05, 4.69) is 15.5 Å². The summed E-state index contributed by atoms with van der Waals surface area (Å²) < 4.78 is 8.57. The molecule has 0 unspecified atom stereocenters. The second-order valence-electron chi connectivity index (χ2n) is 4.95. The second kappa shape index (κ2) is 6.94. The van der Waals surface area contributed by atoms with Crippen molar-refractivity contribution < 1.29 is 9.53 Å². The molecule has 2 heterocycles. The van der Waals surface area contributed by atoms with Crippen molar-refractivity contribution in [3.8, 4) is 5.75 Å². The highest BCUT2D eigenvalue weighted by Crippen LogP contribution is 2.18. The van der Waals surface area contributed by atoms with E-state index in [9.17, 15) is 4.79 Å². The first-order valence-corrected chi connectivity index (χ1v) is 7.68. The molecule has 0 atom stereocenters. The van der Waals surface area contributed by atoms with Crippen LogP contribution in [0.3, 0.4) is 0 Å². The average Bonchev–Trinajstić information content (AvgIpc) is 3.11. The van der Waals surface area contributed by atoms with E-state index in [4.69, 9.17) is 27.9 Å². The number of carbonyl (C=O) groups excluding carboxylic acids is 1. The smallest absolute Gasteiger partial charge is 0.277 e. The minimum absolute atomic E-state index is 0.155. The molecule has 0 aliphatic heterocycles. The van der Waals surface area contributed by atoms with Gasteiger partial charge >= 0.3 is 0 Å². The third-order valence-corrected chi connectivity index (χ3v) is 3.56. The van der Waals surface area contributed by atoms with Crippen LogP contribution in [-0.2, 0) is 13.8 Å². The summed E-state index contributed by atoms with van der Waals surface area (Å²) in [5.74, 6) is 0.222. The van der Waals surface area contributed by atoms with Gasteiger partial charge in [0.1, 0.15) is 5.75 Å². The Bertz CT molecular complexity index is 874. The molecule has 3 rings (SSSR count). The number of ether oxygens (including phenoxy) is 1. The number of aromatic nitrogens is 4. The molecular weight excluding hydrogens is 353 g/mol. The van der Waals surface area contributed by atoms with Crippen molar-refractivity contribution in [2.75, 3.05) is 5.32 Å². The lowest BCUT2D eigenvalue weighted by Gasteiger charge is -2.06. The van der Waals surface area contributed by atoms with Crippen LogP contribution in [-0.4, -0.2) is 25.5 Å². The van der Waals surface area contributed by atoms with Crippen molar-refractivity contribution in [3.63, 3.8) is 0 Å². The summed E-state index contributed by atoms with van der Waals surface area (Å²) in [6.07, 6.45) is 4.70. The first kappa shape index (κ1) is 16.4. The van der Waals surface area contributed by atoms with Crippen molar-refractivity contribution in [3.05, 3.63) is 58.6 Å². The number of carbonyl (C=O) groups is 1. The lowest BCUT2D eigenvalue weighted by molar-refractivity contribution is 0.102. The minimum atomic E-state index is -0.407. The van der Waals surface area contributed by atoms with Gasteiger partial charge in [0.2, 0.25) is 0 Å². The quantitative estimate of drug-likeness (QED) is 0.753. The molecule has 0 spiro atoms. The van der Waals surface area contributed by atoms with Gasteiger partial charge in [0.25, 0.3) is 5.91 Å². The average molecular weight is 366 g/mol. The molecule has 124 valence electrons. The van der Waals surface area contributed by atoms with Gasteiger partial charge < -0.3 is 10.1 Å². The van der Waals surface area contributed by atoms with E-state index >= 15 is 0 Å². The standard InChI is InChI=1S/C15H13Cl2N5O2/c1-21-8-13(17)14(20-21)15(23)19-11-6-18-22(7-11)9-24-12-4-2-3-10(16)5-12/h2-8H,9H2,1H3,(H,19,23). The molecule has 0 radical (unpaired) electrons. The molecule has 3 aromatic rings. The highest BCUT2D eigenvalue weighted by Gasteiger charge is 2.15. The first-order chi connectivity index (χ1) is 11.5. The normalized spacial score (nSPS) is 10.6. The Morgan fingerprint density at radius 1 is 1.33 bits per heavy atom. The number of aryl methyl sites for hydroxylation is 1. The van der Waals surface area contributed by atoms with Crippen LogP contribution in [0.15, 0.2) is 42.9 Å². The zero-order chi connectivity index (χ0) is 17.1. The fourth-order valence-electron chi connectivity index (χ4n) is 2.00. The Hall–Kier alpha value is -2.51. The van der Waals surface area contributed by atoms with Crippen molar-refractivity contribution in [1.82, 2.24) is 19.6 Å². The third kappa shape index (κ3) is 3.87. The number of nitrogens with zero attached hydrogens (tertiary/aromatic N) is 4. The maximum Gasteiger partial charge on any atom is 0.277 e. The number of amides is 1. The lowest BCUT2D eigenvalue weighted by Crippen LogP contribution is -2.13. The fraction of sp³-hybridized carbons (Fsp3) is 0.133. The maximum absolute atomic E-state index is 12.1. The number of benzene rings is 1. The molecule has 1 aromatic carbocycles. The van der Waals surface area contributed by atoms with Crippen LogP contribution in [0.5, 0.6) is 5.75 Å². The van der Waals surface area contributed by atoms with Crippen LogP contribution in [0.25, 0.3) is 0 Å². The molecule has 7 nitrogen and oxygen atoms in total. The van der Waals surface area contributed by atoms with Gasteiger partial charge in [0.15, 0.2) is 12.4 Å². The zero-order valence-corrected chi connectivity index (χ0v) is 14.1. The van der Waals surface area contributed by atoms with E-state index in [1.165, 1.54) is 15.6 Å². The van der Waals surface area contributed by atoms with Gasteiger partial charge in [-0.25, -0.2) is 4.68 Å². The molecule has 0 saturated carbocycles. The molecule has 0 saturated heterocycles. The summed E-state index contributed by atoms with van der Waals surface area (Å²) in [5.41, 5.74) is 0.665. The summed E-state index contributed by atoms with van der Waals surface area (Å²) in [7, 11) is 1.69. The van der Waals surface area contributed by atoms with Crippen LogP contribution in [0.1, 0.15) is 10.5 Å². The molecule has 1 N–H and O–H groups in total. The van der Waals surface area contributed by atoms with Crippen molar-refractivity contribution in [1.29, 1.82) is 0 Å². The van der Waals surface area contributed by atoms with Gasteiger partial charge in [0, 0.05) is 18.3 Å².